The van der Waals surface area contributed by atoms with Gasteiger partial charge in [0.05, 0.1) is 5.54 Å². The Labute approximate surface area is 151 Å². The molecule has 25 heavy (non-hydrogen) atoms. The predicted molar refractivity (Wildman–Crippen MR) is 107 cm³/mol. The molecule has 0 unspecified atom stereocenters. The number of para-hydroxylation sites is 1. The van der Waals surface area contributed by atoms with E-state index in [0.29, 0.717) is 0 Å². The molecule has 128 valence electrons. The van der Waals surface area contributed by atoms with E-state index in [1.54, 1.807) is 0 Å². The molecule has 0 fully saturated rings. The van der Waals surface area contributed by atoms with Crippen LogP contribution in [0.15, 0.2) is 84.9 Å². The van der Waals surface area contributed by atoms with E-state index in [1.807, 2.05) is 0 Å². The van der Waals surface area contributed by atoms with Crippen LogP contribution in [0.4, 0.5) is 5.69 Å². The van der Waals surface area contributed by atoms with Gasteiger partial charge in [0.2, 0.25) is 0 Å². The molecule has 0 N–H and O–H groups in total. The van der Waals surface area contributed by atoms with Crippen LogP contribution in [0, 0.1) is 0 Å². The van der Waals surface area contributed by atoms with Gasteiger partial charge in [-0.3, -0.25) is 4.90 Å². The van der Waals surface area contributed by atoms with E-state index in [9.17, 15) is 0 Å². The monoisotopic (exact) mass is 330 g/mol. The number of anilines is 1. The van der Waals surface area contributed by atoms with Crippen LogP contribution in [-0.4, -0.2) is 33.1 Å². The molecule has 0 aliphatic rings. The van der Waals surface area contributed by atoms with Gasteiger partial charge in [-0.1, -0.05) is 78.9 Å². The van der Waals surface area contributed by atoms with Crippen molar-refractivity contribution in [2.45, 2.75) is 5.54 Å². The first-order valence-electron chi connectivity index (χ1n) is 8.63. The Bertz CT molecular complexity index is 768. The minimum Gasteiger partial charge on any atom is -0.377 e. The third-order valence-corrected chi connectivity index (χ3v) is 4.83. The van der Waals surface area contributed by atoms with E-state index in [4.69, 9.17) is 0 Å². The maximum absolute atomic E-state index is 2.32. The van der Waals surface area contributed by atoms with E-state index >= 15 is 0 Å². The van der Waals surface area contributed by atoms with Gasteiger partial charge < -0.3 is 4.90 Å². The summed E-state index contributed by atoms with van der Waals surface area (Å²) in [6.07, 6.45) is 0. The topological polar surface area (TPSA) is 6.48 Å². The predicted octanol–water partition coefficient (Wildman–Crippen LogP) is 4.61. The molecule has 0 heterocycles. The maximum Gasteiger partial charge on any atom is 0.0988 e. The van der Waals surface area contributed by atoms with Crippen LogP contribution in [0.3, 0.4) is 0 Å². The van der Waals surface area contributed by atoms with Crippen LogP contribution < -0.4 is 4.90 Å². The molecule has 0 aliphatic carbocycles. The SMILES string of the molecule is CN(C)c1ccccc1C(c1ccccc1)(c1ccccc1)N(C)C. The Morgan fingerprint density at radius 2 is 1.00 bits per heavy atom. The lowest BCUT2D eigenvalue weighted by Gasteiger charge is -2.43. The van der Waals surface area contributed by atoms with Gasteiger partial charge >= 0.3 is 0 Å². The Hall–Kier alpha value is -2.58. The van der Waals surface area contributed by atoms with Crippen LogP contribution in [-0.2, 0) is 5.54 Å². The minimum absolute atomic E-state index is 0.358. The van der Waals surface area contributed by atoms with Crippen LogP contribution in [0.5, 0.6) is 0 Å². The molecule has 2 nitrogen and oxygen atoms in total. The fourth-order valence-corrected chi connectivity index (χ4v) is 3.76. The highest BCUT2D eigenvalue weighted by molar-refractivity contribution is 5.63. The van der Waals surface area contributed by atoms with Crippen molar-refractivity contribution in [3.05, 3.63) is 102 Å². The smallest absolute Gasteiger partial charge is 0.0988 e. The van der Waals surface area contributed by atoms with Crippen LogP contribution in [0.1, 0.15) is 16.7 Å². The zero-order chi connectivity index (χ0) is 17.9. The first kappa shape index (κ1) is 17.2. The summed E-state index contributed by atoms with van der Waals surface area (Å²) in [4.78, 5) is 4.51. The molecule has 0 spiro atoms. The second kappa shape index (κ2) is 7.12. The fourth-order valence-electron chi connectivity index (χ4n) is 3.76. The summed E-state index contributed by atoms with van der Waals surface area (Å²) in [5, 5.41) is 0. The molecule has 3 aromatic rings. The molecule has 0 atom stereocenters. The molecule has 0 bridgehead atoms. The quantitative estimate of drug-likeness (QED) is 0.631. The van der Waals surface area contributed by atoms with Crippen LogP contribution in [0.2, 0.25) is 0 Å². The van der Waals surface area contributed by atoms with Gasteiger partial charge in [0.1, 0.15) is 0 Å². The van der Waals surface area contributed by atoms with E-state index in [0.717, 1.165) is 0 Å². The average Bonchev–Trinajstić information content (AvgIpc) is 2.64. The highest BCUT2D eigenvalue weighted by Crippen LogP contribution is 2.44. The van der Waals surface area contributed by atoms with Crippen molar-refractivity contribution in [2.75, 3.05) is 33.1 Å². The third kappa shape index (κ3) is 2.94. The molecule has 0 saturated carbocycles. The van der Waals surface area contributed by atoms with Gasteiger partial charge in [-0.2, -0.15) is 0 Å². The molecule has 2 heteroatoms. The summed E-state index contributed by atoms with van der Waals surface area (Å²) < 4.78 is 0. The van der Waals surface area contributed by atoms with Gasteiger partial charge in [-0.15, -0.1) is 0 Å². The molecule has 0 aromatic heterocycles. The summed E-state index contributed by atoms with van der Waals surface area (Å²) in [6.45, 7) is 0. The second-order valence-corrected chi connectivity index (χ2v) is 6.75. The Kier molecular flexibility index (Phi) is 4.91. The summed E-state index contributed by atoms with van der Waals surface area (Å²) >= 11 is 0. The fraction of sp³-hybridized carbons (Fsp3) is 0.217. The minimum atomic E-state index is -0.358. The Balaban J connectivity index is 2.42. The zero-order valence-electron chi connectivity index (χ0n) is 15.5. The summed E-state index contributed by atoms with van der Waals surface area (Å²) in [6, 6.07) is 30.2. The summed E-state index contributed by atoms with van der Waals surface area (Å²) in [5.41, 5.74) is 4.68. The second-order valence-electron chi connectivity index (χ2n) is 6.75. The van der Waals surface area contributed by atoms with E-state index in [-0.39, 0.29) is 5.54 Å². The lowest BCUT2D eigenvalue weighted by Crippen LogP contribution is -2.44. The highest BCUT2D eigenvalue weighted by atomic mass is 15.2. The molecule has 0 saturated heterocycles. The summed E-state index contributed by atoms with van der Waals surface area (Å²) in [5.74, 6) is 0. The van der Waals surface area contributed by atoms with Gasteiger partial charge in [-0.05, 0) is 31.3 Å². The van der Waals surface area contributed by atoms with Crippen LogP contribution in [0.25, 0.3) is 0 Å². The summed E-state index contributed by atoms with van der Waals surface area (Å²) in [7, 11) is 8.53. The third-order valence-electron chi connectivity index (χ3n) is 4.83. The van der Waals surface area contributed by atoms with E-state index < -0.39 is 0 Å². The van der Waals surface area contributed by atoms with Crippen molar-refractivity contribution in [2.24, 2.45) is 0 Å². The highest BCUT2D eigenvalue weighted by Gasteiger charge is 2.40. The van der Waals surface area contributed by atoms with E-state index in [1.165, 1.54) is 22.4 Å². The molecule has 0 radical (unpaired) electrons. The van der Waals surface area contributed by atoms with Crippen molar-refractivity contribution >= 4 is 5.69 Å². The van der Waals surface area contributed by atoms with Gasteiger partial charge in [0.15, 0.2) is 0 Å². The first-order chi connectivity index (χ1) is 12.1. The zero-order valence-corrected chi connectivity index (χ0v) is 15.5. The van der Waals surface area contributed by atoms with Gasteiger partial charge in [0, 0.05) is 25.3 Å². The molecule has 3 rings (SSSR count). The van der Waals surface area contributed by atoms with E-state index in [2.05, 4.69) is 123 Å². The van der Waals surface area contributed by atoms with Crippen molar-refractivity contribution < 1.29 is 0 Å². The number of nitrogens with zero attached hydrogens (tertiary/aromatic N) is 2. The van der Waals surface area contributed by atoms with Gasteiger partial charge in [0.25, 0.3) is 0 Å². The van der Waals surface area contributed by atoms with Crippen LogP contribution >= 0.6 is 0 Å². The normalized spacial score (nSPS) is 11.6. The lowest BCUT2D eigenvalue weighted by molar-refractivity contribution is 0.247. The molecular weight excluding hydrogens is 304 g/mol. The molecule has 0 amide bonds. The Morgan fingerprint density at radius 1 is 0.560 bits per heavy atom. The number of benzene rings is 3. The van der Waals surface area contributed by atoms with Crippen molar-refractivity contribution in [1.29, 1.82) is 0 Å². The largest absolute Gasteiger partial charge is 0.377 e. The van der Waals surface area contributed by atoms with Crippen molar-refractivity contribution in [1.82, 2.24) is 4.90 Å². The molecular formula is C23H26N2. The molecule has 3 aromatic carbocycles. The average molecular weight is 330 g/mol. The first-order valence-corrected chi connectivity index (χ1v) is 8.63. The standard InChI is InChI=1S/C23H26N2/c1-24(2)22-18-12-11-17-21(22)23(25(3)4,19-13-7-5-8-14-19)20-15-9-6-10-16-20/h5-18H,1-4H3. The number of hydrogen-bond acceptors (Lipinski definition) is 2. The molecule has 0 aliphatic heterocycles. The Morgan fingerprint density at radius 3 is 1.44 bits per heavy atom. The van der Waals surface area contributed by atoms with Gasteiger partial charge in [-0.25, -0.2) is 0 Å². The lowest BCUT2D eigenvalue weighted by atomic mass is 9.75. The van der Waals surface area contributed by atoms with Crippen molar-refractivity contribution in [3.8, 4) is 0 Å². The number of rotatable bonds is 5. The number of hydrogen-bond donors (Lipinski definition) is 0. The van der Waals surface area contributed by atoms with Crippen molar-refractivity contribution in [3.63, 3.8) is 0 Å². The maximum atomic E-state index is 2.32.